The number of rotatable bonds is 4. The summed E-state index contributed by atoms with van der Waals surface area (Å²) in [5.41, 5.74) is 2.56. The van der Waals surface area contributed by atoms with E-state index in [-0.39, 0.29) is 11.6 Å². The Hall–Kier alpha value is -2.75. The number of ether oxygens (including phenoxy) is 1. The molecule has 0 bridgehead atoms. The number of methoxy groups -OCH3 is 1. The van der Waals surface area contributed by atoms with Gasteiger partial charge in [0.15, 0.2) is 0 Å². The van der Waals surface area contributed by atoms with Crippen molar-refractivity contribution in [2.45, 2.75) is 19.8 Å². The lowest BCUT2D eigenvalue weighted by Gasteiger charge is -2.13. The zero-order valence-electron chi connectivity index (χ0n) is 13.4. The number of hydrogen-bond donors (Lipinski definition) is 0. The molecule has 4 heteroatoms. The van der Waals surface area contributed by atoms with Crippen molar-refractivity contribution in [1.29, 1.82) is 0 Å². The van der Waals surface area contributed by atoms with Gasteiger partial charge in [0.1, 0.15) is 5.71 Å². The van der Waals surface area contributed by atoms with Crippen molar-refractivity contribution in [1.82, 2.24) is 0 Å². The summed E-state index contributed by atoms with van der Waals surface area (Å²) in [6.07, 6.45) is 0. The van der Waals surface area contributed by atoms with Crippen molar-refractivity contribution in [3.63, 3.8) is 0 Å². The Balaban J connectivity index is 2.37. The van der Waals surface area contributed by atoms with Crippen LogP contribution in [0.15, 0.2) is 59.6 Å². The van der Waals surface area contributed by atoms with Crippen molar-refractivity contribution < 1.29 is 14.3 Å². The van der Waals surface area contributed by atoms with E-state index in [2.05, 4.69) is 4.99 Å². The molecule has 1 amide bonds. The molecule has 2 aromatic carbocycles. The second-order valence-corrected chi connectivity index (χ2v) is 5.29. The lowest BCUT2D eigenvalue weighted by molar-refractivity contribution is -0.132. The fourth-order valence-corrected chi connectivity index (χ4v) is 2.19. The number of benzene rings is 2. The third kappa shape index (κ3) is 4.13. The first kappa shape index (κ1) is 16.6. The number of aliphatic imine (C=N–C) groups is 1. The van der Waals surface area contributed by atoms with Crippen LogP contribution in [0.3, 0.4) is 0 Å². The first-order valence-corrected chi connectivity index (χ1v) is 7.35. The maximum Gasteiger partial charge on any atom is 0.353 e. The van der Waals surface area contributed by atoms with Crippen molar-refractivity contribution in [2.24, 2.45) is 4.99 Å². The van der Waals surface area contributed by atoms with Crippen LogP contribution in [0.1, 0.15) is 34.3 Å². The topological polar surface area (TPSA) is 55.7 Å². The number of carbonyl (C=O) groups excluding carboxylic acids is 2. The van der Waals surface area contributed by atoms with E-state index in [1.165, 1.54) is 7.11 Å². The molecule has 2 aromatic rings. The molecule has 4 nitrogen and oxygen atoms in total. The zero-order valence-corrected chi connectivity index (χ0v) is 13.4. The first-order chi connectivity index (χ1) is 11.0. The van der Waals surface area contributed by atoms with E-state index in [0.717, 1.165) is 11.1 Å². The van der Waals surface area contributed by atoms with E-state index in [1.807, 2.05) is 44.2 Å². The molecule has 0 radical (unpaired) electrons. The van der Waals surface area contributed by atoms with E-state index >= 15 is 0 Å². The molecule has 2 rings (SSSR count). The van der Waals surface area contributed by atoms with Crippen LogP contribution in [-0.4, -0.2) is 24.7 Å². The summed E-state index contributed by atoms with van der Waals surface area (Å²) >= 11 is 0. The van der Waals surface area contributed by atoms with Gasteiger partial charge in [0, 0.05) is 11.5 Å². The van der Waals surface area contributed by atoms with Gasteiger partial charge in [0.25, 0.3) is 5.91 Å². The maximum absolute atomic E-state index is 12.3. The third-order valence-corrected chi connectivity index (χ3v) is 3.62. The fourth-order valence-electron chi connectivity index (χ4n) is 2.19. The highest BCUT2D eigenvalue weighted by Gasteiger charge is 2.23. The average molecular weight is 309 g/mol. The Morgan fingerprint density at radius 1 is 1.00 bits per heavy atom. The standard InChI is InChI=1S/C19H19NO3/c1-13-9-11-15(12-10-13)14(2)17(19(22)23-3)20-18(21)16-7-5-4-6-8-16/h4-12,14H,1-3H3. The zero-order chi connectivity index (χ0) is 16.8. The number of aryl methyl sites for hydroxylation is 1. The van der Waals surface area contributed by atoms with Crippen molar-refractivity contribution in [3.05, 3.63) is 71.3 Å². The number of nitrogens with zero attached hydrogens (tertiary/aromatic N) is 1. The Labute approximate surface area is 135 Å². The molecule has 0 aliphatic rings. The molecule has 1 atom stereocenters. The molecule has 118 valence electrons. The summed E-state index contributed by atoms with van der Waals surface area (Å²) in [4.78, 5) is 28.3. The molecule has 0 aromatic heterocycles. The summed E-state index contributed by atoms with van der Waals surface area (Å²) in [7, 11) is 1.28. The predicted molar refractivity (Wildman–Crippen MR) is 89.8 cm³/mol. The molecular weight excluding hydrogens is 290 g/mol. The van der Waals surface area contributed by atoms with Crippen LogP contribution in [-0.2, 0) is 9.53 Å². The van der Waals surface area contributed by atoms with Crippen LogP contribution in [0.2, 0.25) is 0 Å². The van der Waals surface area contributed by atoms with Crippen LogP contribution in [0.4, 0.5) is 0 Å². The van der Waals surface area contributed by atoms with Crippen molar-refractivity contribution in [3.8, 4) is 0 Å². The largest absolute Gasteiger partial charge is 0.465 e. The van der Waals surface area contributed by atoms with Crippen LogP contribution < -0.4 is 0 Å². The van der Waals surface area contributed by atoms with Crippen LogP contribution in [0, 0.1) is 6.92 Å². The molecule has 0 fully saturated rings. The Bertz CT molecular complexity index is 718. The van der Waals surface area contributed by atoms with Gasteiger partial charge >= 0.3 is 5.97 Å². The minimum Gasteiger partial charge on any atom is -0.465 e. The number of carbonyl (C=O) groups is 2. The molecule has 0 saturated carbocycles. The van der Waals surface area contributed by atoms with Gasteiger partial charge in [-0.05, 0) is 24.6 Å². The molecule has 0 aliphatic carbocycles. The Morgan fingerprint density at radius 2 is 1.61 bits per heavy atom. The molecule has 0 aliphatic heterocycles. The van der Waals surface area contributed by atoms with Gasteiger partial charge in [-0.3, -0.25) is 4.79 Å². The quantitative estimate of drug-likeness (QED) is 0.641. The van der Waals surface area contributed by atoms with E-state index in [9.17, 15) is 9.59 Å². The minimum absolute atomic E-state index is 0.102. The van der Waals surface area contributed by atoms with Crippen LogP contribution >= 0.6 is 0 Å². The molecule has 1 unspecified atom stereocenters. The first-order valence-electron chi connectivity index (χ1n) is 7.35. The van der Waals surface area contributed by atoms with Crippen molar-refractivity contribution >= 4 is 17.6 Å². The summed E-state index contributed by atoms with van der Waals surface area (Å²) in [5, 5.41) is 0. The second kappa shape index (κ2) is 7.49. The van der Waals surface area contributed by atoms with Gasteiger partial charge in [-0.1, -0.05) is 55.0 Å². The number of amides is 1. The normalized spacial score (nSPS) is 12.6. The summed E-state index contributed by atoms with van der Waals surface area (Å²) in [6.45, 7) is 3.82. The van der Waals surface area contributed by atoms with Gasteiger partial charge < -0.3 is 4.74 Å². The fraction of sp³-hybridized carbons (Fsp3) is 0.211. The monoisotopic (exact) mass is 309 g/mol. The van der Waals surface area contributed by atoms with Gasteiger partial charge in [0.2, 0.25) is 0 Å². The van der Waals surface area contributed by atoms with E-state index < -0.39 is 11.9 Å². The lowest BCUT2D eigenvalue weighted by atomic mass is 9.95. The van der Waals surface area contributed by atoms with Gasteiger partial charge in [0.05, 0.1) is 7.11 Å². The number of hydrogen-bond acceptors (Lipinski definition) is 3. The smallest absolute Gasteiger partial charge is 0.353 e. The van der Waals surface area contributed by atoms with Crippen LogP contribution in [0.25, 0.3) is 0 Å². The molecule has 0 spiro atoms. The summed E-state index contributed by atoms with van der Waals surface area (Å²) in [6, 6.07) is 16.4. The van der Waals surface area contributed by atoms with Gasteiger partial charge in [-0.25, -0.2) is 9.79 Å². The second-order valence-electron chi connectivity index (χ2n) is 5.29. The van der Waals surface area contributed by atoms with E-state index in [1.54, 1.807) is 24.3 Å². The van der Waals surface area contributed by atoms with Crippen LogP contribution in [0.5, 0.6) is 0 Å². The lowest BCUT2D eigenvalue weighted by Crippen LogP contribution is -2.23. The molecule has 0 heterocycles. The van der Waals surface area contributed by atoms with E-state index in [4.69, 9.17) is 4.74 Å². The summed E-state index contributed by atoms with van der Waals surface area (Å²) in [5.74, 6) is -1.39. The summed E-state index contributed by atoms with van der Waals surface area (Å²) < 4.78 is 4.79. The molecule has 0 saturated heterocycles. The molecule has 23 heavy (non-hydrogen) atoms. The van der Waals surface area contributed by atoms with Crippen molar-refractivity contribution in [2.75, 3.05) is 7.11 Å². The molecule has 0 N–H and O–H groups in total. The van der Waals surface area contributed by atoms with Gasteiger partial charge in [-0.15, -0.1) is 0 Å². The highest BCUT2D eigenvalue weighted by molar-refractivity contribution is 6.40. The highest BCUT2D eigenvalue weighted by atomic mass is 16.5. The van der Waals surface area contributed by atoms with E-state index in [0.29, 0.717) is 5.56 Å². The highest BCUT2D eigenvalue weighted by Crippen LogP contribution is 2.19. The maximum atomic E-state index is 12.3. The molecular formula is C19H19NO3. The Morgan fingerprint density at radius 3 is 2.17 bits per heavy atom. The third-order valence-electron chi connectivity index (χ3n) is 3.62. The van der Waals surface area contributed by atoms with Gasteiger partial charge in [-0.2, -0.15) is 0 Å². The predicted octanol–water partition coefficient (Wildman–Crippen LogP) is 3.55. The Kier molecular flexibility index (Phi) is 5.41. The minimum atomic E-state index is -0.595. The number of esters is 1. The average Bonchev–Trinajstić information content (AvgIpc) is 2.59. The SMILES string of the molecule is COC(=O)C(=NC(=O)c1ccccc1)C(C)c1ccc(C)cc1.